The molecule has 2 aromatic carbocycles. The van der Waals surface area contributed by atoms with Crippen molar-refractivity contribution in [1.82, 2.24) is 0 Å². The first-order valence-electron chi connectivity index (χ1n) is 7.37. The predicted molar refractivity (Wildman–Crippen MR) is 85.9 cm³/mol. The van der Waals surface area contributed by atoms with Crippen molar-refractivity contribution in [3.05, 3.63) is 83.9 Å². The van der Waals surface area contributed by atoms with Crippen LogP contribution in [0.2, 0.25) is 0 Å². The molecule has 0 amide bonds. The van der Waals surface area contributed by atoms with Gasteiger partial charge in [0.25, 0.3) is 0 Å². The van der Waals surface area contributed by atoms with Crippen LogP contribution in [-0.4, -0.2) is 16.3 Å². The molecule has 0 heterocycles. The van der Waals surface area contributed by atoms with Gasteiger partial charge in [-0.3, -0.25) is 0 Å². The summed E-state index contributed by atoms with van der Waals surface area (Å²) in [7, 11) is 0. The molecular weight excluding hydrogens is 260 g/mol. The molecule has 0 unspecified atom stereocenters. The number of aryl methyl sites for hydroxylation is 1. The van der Waals surface area contributed by atoms with Gasteiger partial charge >= 0.3 is 0 Å². The van der Waals surface area contributed by atoms with Gasteiger partial charge in [0.05, 0.1) is 12.2 Å². The summed E-state index contributed by atoms with van der Waals surface area (Å²) in [5.74, 6) is 0. The highest BCUT2D eigenvalue weighted by Gasteiger charge is 2.05. The first-order valence-corrected chi connectivity index (χ1v) is 7.37. The van der Waals surface area contributed by atoms with Crippen molar-refractivity contribution in [2.75, 3.05) is 0 Å². The summed E-state index contributed by atoms with van der Waals surface area (Å²) in [4.78, 5) is 0. The van der Waals surface area contributed by atoms with Crippen molar-refractivity contribution < 1.29 is 10.2 Å². The van der Waals surface area contributed by atoms with Gasteiger partial charge < -0.3 is 10.2 Å². The van der Waals surface area contributed by atoms with Gasteiger partial charge in [0, 0.05) is 0 Å². The molecule has 2 atom stereocenters. The summed E-state index contributed by atoms with van der Waals surface area (Å²) in [5, 5.41) is 19.9. The van der Waals surface area contributed by atoms with E-state index < -0.39 is 12.2 Å². The maximum absolute atomic E-state index is 10.0. The molecular formula is C19H22O2. The predicted octanol–water partition coefficient (Wildman–Crippen LogP) is 3.66. The monoisotopic (exact) mass is 282 g/mol. The maximum Gasteiger partial charge on any atom is 0.0824 e. The van der Waals surface area contributed by atoms with Gasteiger partial charge in [-0.15, -0.1) is 0 Å². The molecule has 0 aliphatic rings. The largest absolute Gasteiger partial charge is 0.389 e. The summed E-state index contributed by atoms with van der Waals surface area (Å²) in [6.45, 7) is 0. The summed E-state index contributed by atoms with van der Waals surface area (Å²) in [5.41, 5.74) is 2.13. The number of benzene rings is 2. The molecule has 0 radical (unpaired) electrons. The molecule has 110 valence electrons. The van der Waals surface area contributed by atoms with Gasteiger partial charge in [0.15, 0.2) is 0 Å². The normalized spacial score (nSPS) is 14.2. The minimum atomic E-state index is -0.510. The van der Waals surface area contributed by atoms with E-state index in [2.05, 4.69) is 12.1 Å². The zero-order valence-electron chi connectivity index (χ0n) is 12.1. The van der Waals surface area contributed by atoms with E-state index in [0.717, 1.165) is 12.0 Å². The Bertz CT molecular complexity index is 534. The van der Waals surface area contributed by atoms with Crippen LogP contribution in [0.25, 0.3) is 0 Å². The lowest BCUT2D eigenvalue weighted by Gasteiger charge is -2.09. The van der Waals surface area contributed by atoms with E-state index in [0.29, 0.717) is 12.8 Å². The molecule has 0 aliphatic carbocycles. The molecule has 0 saturated heterocycles. The van der Waals surface area contributed by atoms with Crippen molar-refractivity contribution >= 4 is 0 Å². The highest BCUT2D eigenvalue weighted by atomic mass is 16.3. The van der Waals surface area contributed by atoms with Crippen molar-refractivity contribution in [2.24, 2.45) is 0 Å². The Balaban J connectivity index is 1.73. The van der Waals surface area contributed by atoms with Crippen LogP contribution in [0.5, 0.6) is 0 Å². The van der Waals surface area contributed by atoms with Crippen molar-refractivity contribution in [1.29, 1.82) is 0 Å². The third-order valence-corrected chi connectivity index (χ3v) is 3.47. The van der Waals surface area contributed by atoms with E-state index in [1.54, 1.807) is 6.08 Å². The number of rotatable bonds is 7. The third-order valence-electron chi connectivity index (χ3n) is 3.47. The van der Waals surface area contributed by atoms with Crippen LogP contribution < -0.4 is 0 Å². The molecule has 2 heteroatoms. The topological polar surface area (TPSA) is 40.5 Å². The lowest BCUT2D eigenvalue weighted by Crippen LogP contribution is -2.04. The van der Waals surface area contributed by atoms with Crippen molar-refractivity contribution in [2.45, 2.75) is 31.5 Å². The first-order chi connectivity index (χ1) is 10.3. The van der Waals surface area contributed by atoms with Crippen LogP contribution in [-0.2, 0) is 6.42 Å². The average Bonchev–Trinajstić information content (AvgIpc) is 2.54. The Labute approximate surface area is 126 Å². The van der Waals surface area contributed by atoms with Crippen LogP contribution in [0, 0.1) is 0 Å². The van der Waals surface area contributed by atoms with Crippen molar-refractivity contribution in [3.8, 4) is 0 Å². The second kappa shape index (κ2) is 8.40. The fraction of sp³-hybridized carbons (Fsp3) is 0.263. The van der Waals surface area contributed by atoms with Gasteiger partial charge in [0.2, 0.25) is 0 Å². The van der Waals surface area contributed by atoms with Crippen LogP contribution in [0.4, 0.5) is 0 Å². The standard InChI is InChI=1S/C19H22O2/c20-18(15-14-16-8-3-1-4-9-16)12-7-13-19(21)17-10-5-2-6-11-17/h1-12,18-21H,13-15H2/b12-7+/t18-,19+/m0/s1. The Kier molecular flexibility index (Phi) is 6.20. The van der Waals surface area contributed by atoms with Gasteiger partial charge in [-0.2, -0.15) is 0 Å². The second-order valence-corrected chi connectivity index (χ2v) is 5.18. The smallest absolute Gasteiger partial charge is 0.0824 e. The van der Waals surface area contributed by atoms with E-state index in [1.807, 2.05) is 54.6 Å². The van der Waals surface area contributed by atoms with Crippen LogP contribution >= 0.6 is 0 Å². The highest BCUT2D eigenvalue weighted by Crippen LogP contribution is 2.16. The summed E-state index contributed by atoms with van der Waals surface area (Å²) >= 11 is 0. The van der Waals surface area contributed by atoms with E-state index in [9.17, 15) is 10.2 Å². The molecule has 21 heavy (non-hydrogen) atoms. The van der Waals surface area contributed by atoms with Gasteiger partial charge in [-0.05, 0) is 30.4 Å². The molecule has 0 aliphatic heterocycles. The van der Waals surface area contributed by atoms with E-state index >= 15 is 0 Å². The van der Waals surface area contributed by atoms with Crippen LogP contribution in [0.3, 0.4) is 0 Å². The molecule has 0 fully saturated rings. The molecule has 0 bridgehead atoms. The van der Waals surface area contributed by atoms with Gasteiger partial charge in [-0.1, -0.05) is 72.8 Å². The number of aliphatic hydroxyl groups excluding tert-OH is 2. The van der Waals surface area contributed by atoms with E-state index in [1.165, 1.54) is 5.56 Å². The first kappa shape index (κ1) is 15.5. The van der Waals surface area contributed by atoms with Crippen molar-refractivity contribution in [3.63, 3.8) is 0 Å². The average molecular weight is 282 g/mol. The Morgan fingerprint density at radius 3 is 2.14 bits per heavy atom. The Hall–Kier alpha value is -1.90. The number of aliphatic hydroxyl groups is 2. The SMILES string of the molecule is O[C@H](C/C=C/[C@H](O)CCc1ccccc1)c1ccccc1. The zero-order valence-corrected chi connectivity index (χ0v) is 12.1. The summed E-state index contributed by atoms with van der Waals surface area (Å²) < 4.78 is 0. The van der Waals surface area contributed by atoms with Crippen LogP contribution in [0.1, 0.15) is 30.1 Å². The fourth-order valence-electron chi connectivity index (χ4n) is 2.23. The molecule has 0 aromatic heterocycles. The zero-order chi connectivity index (χ0) is 14.9. The number of hydrogen-bond donors (Lipinski definition) is 2. The molecule has 2 rings (SSSR count). The molecule has 2 aromatic rings. The van der Waals surface area contributed by atoms with Gasteiger partial charge in [0.1, 0.15) is 0 Å². The summed E-state index contributed by atoms with van der Waals surface area (Å²) in [6.07, 6.45) is 4.72. The highest BCUT2D eigenvalue weighted by molar-refractivity contribution is 5.18. The molecule has 0 saturated carbocycles. The lowest BCUT2D eigenvalue weighted by atomic mass is 10.0. The summed E-state index contributed by atoms with van der Waals surface area (Å²) in [6, 6.07) is 19.7. The quantitative estimate of drug-likeness (QED) is 0.761. The minimum absolute atomic E-state index is 0.465. The number of hydrogen-bond acceptors (Lipinski definition) is 2. The van der Waals surface area contributed by atoms with Crippen LogP contribution in [0.15, 0.2) is 72.8 Å². The third kappa shape index (κ3) is 5.54. The van der Waals surface area contributed by atoms with E-state index in [-0.39, 0.29) is 0 Å². The molecule has 2 nitrogen and oxygen atoms in total. The maximum atomic E-state index is 10.0. The molecule has 0 spiro atoms. The molecule has 2 N–H and O–H groups in total. The fourth-order valence-corrected chi connectivity index (χ4v) is 2.23. The second-order valence-electron chi connectivity index (χ2n) is 5.18. The Morgan fingerprint density at radius 2 is 1.48 bits per heavy atom. The Morgan fingerprint density at radius 1 is 0.857 bits per heavy atom. The lowest BCUT2D eigenvalue weighted by molar-refractivity contribution is 0.179. The van der Waals surface area contributed by atoms with Gasteiger partial charge in [-0.25, -0.2) is 0 Å². The van der Waals surface area contributed by atoms with E-state index in [4.69, 9.17) is 0 Å². The minimum Gasteiger partial charge on any atom is -0.389 e.